The first kappa shape index (κ1) is 19.9. The van der Waals surface area contributed by atoms with Crippen LogP contribution in [0.15, 0.2) is 60.7 Å². The molecule has 7 nitrogen and oxygen atoms in total. The normalized spacial score (nSPS) is 23.1. The van der Waals surface area contributed by atoms with Gasteiger partial charge in [0.1, 0.15) is 6.04 Å². The van der Waals surface area contributed by atoms with Crippen LogP contribution in [0.25, 0.3) is 0 Å². The number of carbonyl (C=O) groups excluding carboxylic acids is 3. The second-order valence-corrected chi connectivity index (χ2v) is 7.80. The van der Waals surface area contributed by atoms with Crippen LogP contribution < -0.4 is 16.0 Å². The summed E-state index contributed by atoms with van der Waals surface area (Å²) in [5, 5.41) is 8.75. The largest absolute Gasteiger partial charge is 0.349 e. The van der Waals surface area contributed by atoms with Crippen LogP contribution in [0.2, 0.25) is 0 Å². The molecule has 1 heterocycles. The number of carbonyl (C=O) groups is 3. The van der Waals surface area contributed by atoms with Gasteiger partial charge in [0, 0.05) is 17.4 Å². The summed E-state index contributed by atoms with van der Waals surface area (Å²) < 4.78 is 0. The summed E-state index contributed by atoms with van der Waals surface area (Å²) >= 11 is 0. The quantitative estimate of drug-likeness (QED) is 0.727. The lowest BCUT2D eigenvalue weighted by molar-refractivity contribution is -0.135. The van der Waals surface area contributed by atoms with Crippen molar-refractivity contribution in [3.63, 3.8) is 0 Å². The summed E-state index contributed by atoms with van der Waals surface area (Å²) in [4.78, 5) is 40.4. The molecular formula is C23H26N4O3. The van der Waals surface area contributed by atoms with Crippen molar-refractivity contribution >= 4 is 29.2 Å². The van der Waals surface area contributed by atoms with Gasteiger partial charge in [0.15, 0.2) is 0 Å². The molecule has 3 N–H and O–H groups in total. The van der Waals surface area contributed by atoms with Gasteiger partial charge in [0.05, 0.1) is 12.5 Å². The number of hydrogen-bond acceptors (Lipinski definition) is 3. The van der Waals surface area contributed by atoms with E-state index in [0.717, 1.165) is 25.7 Å². The maximum atomic E-state index is 13.2. The van der Waals surface area contributed by atoms with Gasteiger partial charge in [-0.25, -0.2) is 4.79 Å². The Morgan fingerprint density at radius 2 is 1.50 bits per heavy atom. The van der Waals surface area contributed by atoms with Crippen LogP contribution in [0.3, 0.4) is 0 Å². The Bertz CT molecular complexity index is 903. The van der Waals surface area contributed by atoms with E-state index in [1.54, 1.807) is 29.2 Å². The van der Waals surface area contributed by atoms with Gasteiger partial charge in [-0.05, 0) is 37.1 Å². The maximum absolute atomic E-state index is 13.2. The third-order valence-electron chi connectivity index (χ3n) is 5.75. The number of para-hydroxylation sites is 2. The number of nitrogens with one attached hydrogen (secondary N) is 3. The lowest BCUT2D eigenvalue weighted by Gasteiger charge is -2.47. The second-order valence-electron chi connectivity index (χ2n) is 7.80. The summed E-state index contributed by atoms with van der Waals surface area (Å²) in [6, 6.07) is 16.9. The number of hydrogen-bond donors (Lipinski definition) is 3. The van der Waals surface area contributed by atoms with Crippen molar-refractivity contribution in [1.29, 1.82) is 0 Å². The van der Waals surface area contributed by atoms with Crippen molar-refractivity contribution in [2.24, 2.45) is 0 Å². The van der Waals surface area contributed by atoms with Crippen molar-refractivity contribution < 1.29 is 14.4 Å². The van der Waals surface area contributed by atoms with Gasteiger partial charge in [0.2, 0.25) is 11.8 Å². The molecule has 2 aromatic rings. The molecule has 0 spiro atoms. The molecule has 156 valence electrons. The van der Waals surface area contributed by atoms with Crippen LogP contribution >= 0.6 is 0 Å². The van der Waals surface area contributed by atoms with Crippen molar-refractivity contribution in [3.05, 3.63) is 60.7 Å². The highest BCUT2D eigenvalue weighted by Gasteiger charge is 2.46. The lowest BCUT2D eigenvalue weighted by atomic mass is 9.85. The highest BCUT2D eigenvalue weighted by atomic mass is 16.2. The molecule has 2 aromatic carbocycles. The molecule has 4 amide bonds. The lowest BCUT2D eigenvalue weighted by Crippen LogP contribution is -2.68. The second kappa shape index (κ2) is 8.98. The Hall–Kier alpha value is -3.35. The topological polar surface area (TPSA) is 90.5 Å². The molecule has 4 rings (SSSR count). The van der Waals surface area contributed by atoms with E-state index in [1.165, 1.54) is 0 Å². The monoisotopic (exact) mass is 406 g/mol. The van der Waals surface area contributed by atoms with Crippen molar-refractivity contribution in [2.75, 3.05) is 10.6 Å². The molecule has 0 bridgehead atoms. The first-order valence-electron chi connectivity index (χ1n) is 10.4. The summed E-state index contributed by atoms with van der Waals surface area (Å²) in [6.07, 6.45) is 3.58. The van der Waals surface area contributed by atoms with Crippen LogP contribution in [0.1, 0.15) is 32.1 Å². The maximum Gasteiger partial charge on any atom is 0.322 e. The molecular weight excluding hydrogens is 380 g/mol. The van der Waals surface area contributed by atoms with Crippen LogP contribution in [-0.2, 0) is 9.59 Å². The highest BCUT2D eigenvalue weighted by Crippen LogP contribution is 2.30. The van der Waals surface area contributed by atoms with Crippen molar-refractivity contribution in [2.45, 2.75) is 50.2 Å². The fraction of sp³-hybridized carbons (Fsp3) is 0.348. The van der Waals surface area contributed by atoms with Crippen molar-refractivity contribution in [1.82, 2.24) is 10.2 Å². The van der Waals surface area contributed by atoms with E-state index in [9.17, 15) is 14.4 Å². The molecule has 30 heavy (non-hydrogen) atoms. The van der Waals surface area contributed by atoms with Crippen LogP contribution in [-0.4, -0.2) is 40.9 Å². The van der Waals surface area contributed by atoms with Gasteiger partial charge in [-0.15, -0.1) is 0 Å². The van der Waals surface area contributed by atoms with Crippen molar-refractivity contribution in [3.8, 4) is 0 Å². The number of rotatable bonds is 4. The minimum Gasteiger partial charge on any atom is -0.349 e. The molecule has 1 aliphatic carbocycles. The minimum atomic E-state index is -0.850. The van der Waals surface area contributed by atoms with Gasteiger partial charge in [-0.3, -0.25) is 9.59 Å². The van der Waals surface area contributed by atoms with E-state index in [2.05, 4.69) is 16.0 Å². The third-order valence-corrected chi connectivity index (χ3v) is 5.75. The number of urea groups is 1. The van der Waals surface area contributed by atoms with Gasteiger partial charge in [-0.2, -0.15) is 0 Å². The number of nitrogens with zero attached hydrogens (tertiary/aromatic N) is 1. The first-order valence-corrected chi connectivity index (χ1v) is 10.4. The van der Waals surface area contributed by atoms with Crippen LogP contribution in [0.5, 0.6) is 0 Å². The number of fused-ring (bicyclic) bond motifs is 1. The zero-order valence-electron chi connectivity index (χ0n) is 16.7. The number of benzene rings is 2. The van der Waals surface area contributed by atoms with Crippen LogP contribution in [0, 0.1) is 0 Å². The van der Waals surface area contributed by atoms with Gasteiger partial charge >= 0.3 is 6.03 Å². The smallest absolute Gasteiger partial charge is 0.322 e. The Balaban J connectivity index is 1.54. The molecule has 1 aliphatic heterocycles. The molecule has 2 aliphatic rings. The number of amides is 4. The fourth-order valence-electron chi connectivity index (χ4n) is 4.35. The first-order chi connectivity index (χ1) is 14.6. The van der Waals surface area contributed by atoms with Gasteiger partial charge in [-0.1, -0.05) is 49.2 Å². The standard InChI is InChI=1S/C23H26N4O3/c28-21(24-16-9-3-1-4-10-16)15-20-22(29)26-18-13-7-8-14-19(18)27(20)23(30)25-17-11-5-2-6-12-17/h1-6,9-12,18-20H,7-8,13-15H2,(H,24,28)(H,25,30)(H,26,29). The van der Waals surface area contributed by atoms with E-state index in [1.807, 2.05) is 36.4 Å². The average molecular weight is 406 g/mol. The molecule has 0 aromatic heterocycles. The van der Waals surface area contributed by atoms with E-state index >= 15 is 0 Å². The minimum absolute atomic E-state index is 0.0683. The van der Waals surface area contributed by atoms with E-state index < -0.39 is 6.04 Å². The Labute approximate surface area is 175 Å². The summed E-state index contributed by atoms with van der Waals surface area (Å²) in [7, 11) is 0. The fourth-order valence-corrected chi connectivity index (χ4v) is 4.35. The van der Waals surface area contributed by atoms with E-state index in [-0.39, 0.29) is 36.3 Å². The molecule has 7 heteroatoms. The molecule has 3 atom stereocenters. The highest BCUT2D eigenvalue weighted by molar-refractivity contribution is 5.99. The van der Waals surface area contributed by atoms with Gasteiger partial charge < -0.3 is 20.9 Å². The summed E-state index contributed by atoms with van der Waals surface area (Å²) in [5.41, 5.74) is 1.32. The zero-order valence-corrected chi connectivity index (χ0v) is 16.7. The average Bonchev–Trinajstić information content (AvgIpc) is 2.75. The predicted molar refractivity (Wildman–Crippen MR) is 115 cm³/mol. The molecule has 3 unspecified atom stereocenters. The SMILES string of the molecule is O=C(CC1C(=O)NC2CCCCC2N1C(=O)Nc1ccccc1)Nc1ccccc1. The predicted octanol–water partition coefficient (Wildman–Crippen LogP) is 3.36. The number of anilines is 2. The Morgan fingerprint density at radius 3 is 2.17 bits per heavy atom. The molecule has 1 saturated carbocycles. The summed E-state index contributed by atoms with van der Waals surface area (Å²) in [5.74, 6) is -0.572. The Kier molecular flexibility index (Phi) is 5.97. The van der Waals surface area contributed by atoms with Gasteiger partial charge in [0.25, 0.3) is 0 Å². The molecule has 2 fully saturated rings. The zero-order chi connectivity index (χ0) is 20.9. The van der Waals surface area contributed by atoms with E-state index in [0.29, 0.717) is 11.4 Å². The van der Waals surface area contributed by atoms with E-state index in [4.69, 9.17) is 0 Å². The number of piperazine rings is 1. The van der Waals surface area contributed by atoms with Crippen LogP contribution in [0.4, 0.5) is 16.2 Å². The molecule has 0 radical (unpaired) electrons. The molecule has 1 saturated heterocycles. The third kappa shape index (κ3) is 4.45. The summed E-state index contributed by atoms with van der Waals surface area (Å²) in [6.45, 7) is 0. The Morgan fingerprint density at radius 1 is 0.900 bits per heavy atom.